The molecule has 0 aliphatic rings. The molecule has 0 saturated heterocycles. The van der Waals surface area contributed by atoms with Crippen molar-refractivity contribution in [3.63, 3.8) is 0 Å². The Labute approximate surface area is 146 Å². The van der Waals surface area contributed by atoms with E-state index in [9.17, 15) is 9.90 Å². The standard InChI is InChI=1S/C19H20N4O2/c1-22(12-15-8-4-2-5-9-15)19(25)18-20-14-23(21-18)13-17(24)16-10-6-3-7-11-16/h2-11,14,17,24H,12-13H2,1H3. The topological polar surface area (TPSA) is 71.2 Å². The summed E-state index contributed by atoms with van der Waals surface area (Å²) in [7, 11) is 1.72. The Morgan fingerprint density at radius 2 is 1.76 bits per heavy atom. The van der Waals surface area contributed by atoms with Crippen LogP contribution in [0, 0.1) is 0 Å². The number of aromatic nitrogens is 3. The number of nitrogens with zero attached hydrogens (tertiary/aromatic N) is 4. The lowest BCUT2D eigenvalue weighted by molar-refractivity contribution is 0.0771. The maximum Gasteiger partial charge on any atom is 0.293 e. The van der Waals surface area contributed by atoms with Crippen molar-refractivity contribution in [1.82, 2.24) is 19.7 Å². The second-order valence-electron chi connectivity index (χ2n) is 5.86. The molecule has 25 heavy (non-hydrogen) atoms. The smallest absolute Gasteiger partial charge is 0.293 e. The van der Waals surface area contributed by atoms with Crippen LogP contribution in [0.1, 0.15) is 27.8 Å². The van der Waals surface area contributed by atoms with Gasteiger partial charge >= 0.3 is 0 Å². The summed E-state index contributed by atoms with van der Waals surface area (Å²) in [6, 6.07) is 19.1. The molecule has 1 amide bonds. The molecule has 6 nitrogen and oxygen atoms in total. The highest BCUT2D eigenvalue weighted by molar-refractivity contribution is 5.90. The Bertz CT molecular complexity index is 818. The number of rotatable bonds is 6. The Morgan fingerprint density at radius 3 is 2.44 bits per heavy atom. The van der Waals surface area contributed by atoms with Gasteiger partial charge in [-0.15, -0.1) is 5.10 Å². The van der Waals surface area contributed by atoms with E-state index in [4.69, 9.17) is 0 Å². The number of carbonyl (C=O) groups is 1. The minimum absolute atomic E-state index is 0.124. The van der Waals surface area contributed by atoms with Crippen molar-refractivity contribution in [1.29, 1.82) is 0 Å². The first-order chi connectivity index (χ1) is 12.1. The molecular formula is C19H20N4O2. The highest BCUT2D eigenvalue weighted by Gasteiger charge is 2.18. The van der Waals surface area contributed by atoms with Gasteiger partial charge in [0.1, 0.15) is 6.33 Å². The molecule has 0 radical (unpaired) electrons. The van der Waals surface area contributed by atoms with Crippen molar-refractivity contribution < 1.29 is 9.90 Å². The summed E-state index contributed by atoms with van der Waals surface area (Å²) in [6.45, 7) is 0.730. The van der Waals surface area contributed by atoms with Gasteiger partial charge in [0.2, 0.25) is 5.82 Å². The summed E-state index contributed by atoms with van der Waals surface area (Å²) in [5.74, 6) is -0.129. The molecule has 6 heteroatoms. The van der Waals surface area contributed by atoms with Gasteiger partial charge < -0.3 is 10.0 Å². The van der Waals surface area contributed by atoms with Crippen molar-refractivity contribution in [3.05, 3.63) is 83.9 Å². The maximum atomic E-state index is 12.4. The van der Waals surface area contributed by atoms with E-state index in [0.29, 0.717) is 6.54 Å². The molecule has 0 spiro atoms. The van der Waals surface area contributed by atoms with Crippen molar-refractivity contribution in [2.75, 3.05) is 7.05 Å². The maximum absolute atomic E-state index is 12.4. The fraction of sp³-hybridized carbons (Fsp3) is 0.211. The average molecular weight is 336 g/mol. The number of amides is 1. The summed E-state index contributed by atoms with van der Waals surface area (Å²) in [5.41, 5.74) is 1.84. The number of aliphatic hydroxyl groups is 1. The van der Waals surface area contributed by atoms with Crippen molar-refractivity contribution >= 4 is 5.91 Å². The van der Waals surface area contributed by atoms with Crippen LogP contribution < -0.4 is 0 Å². The van der Waals surface area contributed by atoms with Gasteiger partial charge in [-0.05, 0) is 11.1 Å². The molecule has 1 atom stereocenters. The largest absolute Gasteiger partial charge is 0.386 e. The molecule has 0 saturated carbocycles. The van der Waals surface area contributed by atoms with Crippen LogP contribution >= 0.6 is 0 Å². The molecule has 1 heterocycles. The van der Waals surface area contributed by atoms with Crippen LogP contribution in [-0.4, -0.2) is 37.7 Å². The Hall–Kier alpha value is -2.99. The molecular weight excluding hydrogens is 316 g/mol. The lowest BCUT2D eigenvalue weighted by Crippen LogP contribution is -2.27. The molecule has 0 aliphatic heterocycles. The number of carbonyl (C=O) groups excluding carboxylic acids is 1. The van der Waals surface area contributed by atoms with Gasteiger partial charge in [-0.2, -0.15) is 0 Å². The fourth-order valence-corrected chi connectivity index (χ4v) is 2.54. The van der Waals surface area contributed by atoms with Gasteiger partial charge in [0, 0.05) is 13.6 Å². The molecule has 0 aliphatic carbocycles. The molecule has 0 fully saturated rings. The molecule has 3 aromatic rings. The molecule has 2 aromatic carbocycles. The lowest BCUT2D eigenvalue weighted by atomic mass is 10.1. The number of aliphatic hydroxyl groups excluding tert-OH is 1. The normalized spacial score (nSPS) is 11.9. The van der Waals surface area contributed by atoms with E-state index in [0.717, 1.165) is 11.1 Å². The zero-order valence-electron chi connectivity index (χ0n) is 14.0. The first-order valence-corrected chi connectivity index (χ1v) is 8.05. The number of hydrogen-bond donors (Lipinski definition) is 1. The van der Waals surface area contributed by atoms with Crippen LogP contribution in [-0.2, 0) is 13.1 Å². The summed E-state index contributed by atoms with van der Waals surface area (Å²) in [4.78, 5) is 18.1. The van der Waals surface area contributed by atoms with E-state index in [1.54, 1.807) is 11.9 Å². The van der Waals surface area contributed by atoms with Crippen molar-refractivity contribution in [3.8, 4) is 0 Å². The van der Waals surface area contributed by atoms with Crippen LogP contribution in [0.5, 0.6) is 0 Å². The first kappa shape index (κ1) is 16.9. The summed E-state index contributed by atoms with van der Waals surface area (Å²) in [6.07, 6.45) is 0.767. The molecule has 1 N–H and O–H groups in total. The second-order valence-corrected chi connectivity index (χ2v) is 5.86. The molecule has 1 unspecified atom stereocenters. The predicted molar refractivity (Wildman–Crippen MR) is 93.7 cm³/mol. The van der Waals surface area contributed by atoms with Gasteiger partial charge in [-0.3, -0.25) is 4.79 Å². The van der Waals surface area contributed by atoms with Crippen LogP contribution in [0.2, 0.25) is 0 Å². The van der Waals surface area contributed by atoms with E-state index in [1.807, 2.05) is 60.7 Å². The van der Waals surface area contributed by atoms with Gasteiger partial charge in [0.15, 0.2) is 0 Å². The van der Waals surface area contributed by atoms with E-state index >= 15 is 0 Å². The van der Waals surface area contributed by atoms with Gasteiger partial charge in [0.25, 0.3) is 5.91 Å². The SMILES string of the molecule is CN(Cc1ccccc1)C(=O)c1ncn(CC(O)c2ccccc2)n1. The molecule has 128 valence electrons. The van der Waals surface area contributed by atoms with Gasteiger partial charge in [-0.1, -0.05) is 60.7 Å². The number of benzene rings is 2. The molecule has 1 aromatic heterocycles. The Kier molecular flexibility index (Phi) is 5.20. The molecule has 0 bridgehead atoms. The molecule has 3 rings (SSSR count). The van der Waals surface area contributed by atoms with Gasteiger partial charge in [-0.25, -0.2) is 9.67 Å². The van der Waals surface area contributed by atoms with E-state index < -0.39 is 6.10 Å². The highest BCUT2D eigenvalue weighted by atomic mass is 16.3. The van der Waals surface area contributed by atoms with Crippen LogP contribution in [0.15, 0.2) is 67.0 Å². The van der Waals surface area contributed by atoms with Crippen molar-refractivity contribution in [2.24, 2.45) is 0 Å². The summed E-state index contributed by atoms with van der Waals surface area (Å²) >= 11 is 0. The Balaban J connectivity index is 1.63. The minimum atomic E-state index is -0.701. The zero-order chi connectivity index (χ0) is 17.6. The van der Waals surface area contributed by atoms with Crippen LogP contribution in [0.3, 0.4) is 0 Å². The third kappa shape index (κ3) is 4.30. The quantitative estimate of drug-likeness (QED) is 0.750. The first-order valence-electron chi connectivity index (χ1n) is 8.05. The van der Waals surface area contributed by atoms with Crippen molar-refractivity contribution in [2.45, 2.75) is 19.2 Å². The zero-order valence-corrected chi connectivity index (χ0v) is 14.0. The Morgan fingerprint density at radius 1 is 1.12 bits per heavy atom. The second kappa shape index (κ2) is 7.72. The number of hydrogen-bond acceptors (Lipinski definition) is 4. The highest BCUT2D eigenvalue weighted by Crippen LogP contribution is 2.14. The van der Waals surface area contributed by atoms with E-state index in [-0.39, 0.29) is 18.3 Å². The average Bonchev–Trinajstić information content (AvgIpc) is 3.11. The third-order valence-electron chi connectivity index (χ3n) is 3.88. The fourth-order valence-electron chi connectivity index (χ4n) is 2.54. The van der Waals surface area contributed by atoms with Gasteiger partial charge in [0.05, 0.1) is 12.6 Å². The van der Waals surface area contributed by atoms with E-state index in [1.165, 1.54) is 11.0 Å². The van der Waals surface area contributed by atoms with Crippen LogP contribution in [0.25, 0.3) is 0 Å². The van der Waals surface area contributed by atoms with E-state index in [2.05, 4.69) is 10.1 Å². The summed E-state index contributed by atoms with van der Waals surface area (Å²) in [5, 5.41) is 14.4. The minimum Gasteiger partial charge on any atom is -0.386 e. The third-order valence-corrected chi connectivity index (χ3v) is 3.88. The summed E-state index contributed by atoms with van der Waals surface area (Å²) < 4.78 is 1.49. The van der Waals surface area contributed by atoms with Crippen LogP contribution in [0.4, 0.5) is 0 Å². The lowest BCUT2D eigenvalue weighted by Gasteiger charge is -2.15. The monoisotopic (exact) mass is 336 g/mol. The predicted octanol–water partition coefficient (Wildman–Crippen LogP) is 2.28.